The molecule has 0 aliphatic rings. The molecule has 0 fully saturated rings. The van der Waals surface area contributed by atoms with Crippen LogP contribution in [0.5, 0.6) is 0 Å². The summed E-state index contributed by atoms with van der Waals surface area (Å²) in [7, 11) is 0. The number of aromatic carboxylic acids is 1. The molecule has 0 aliphatic heterocycles. The van der Waals surface area contributed by atoms with Crippen LogP contribution in [0.2, 0.25) is 0 Å². The second-order valence-electron chi connectivity index (χ2n) is 4.46. The van der Waals surface area contributed by atoms with Crippen LogP contribution in [0.1, 0.15) is 37.6 Å². The molecule has 0 saturated heterocycles. The van der Waals surface area contributed by atoms with Crippen LogP contribution < -0.4 is 5.32 Å². The Hall–Kier alpha value is -1.65. The Morgan fingerprint density at radius 1 is 1.35 bits per heavy atom. The van der Waals surface area contributed by atoms with Crippen molar-refractivity contribution in [2.24, 2.45) is 0 Å². The topological polar surface area (TPSA) is 49.3 Å². The largest absolute Gasteiger partial charge is 0.478 e. The summed E-state index contributed by atoms with van der Waals surface area (Å²) < 4.78 is 27.0. The predicted octanol–water partition coefficient (Wildman–Crippen LogP) is 3.26. The minimum absolute atomic E-state index is 0.0284. The van der Waals surface area contributed by atoms with Crippen LogP contribution >= 0.6 is 0 Å². The number of hydrogen-bond acceptors (Lipinski definition) is 2. The summed E-state index contributed by atoms with van der Waals surface area (Å²) >= 11 is 0. The van der Waals surface area contributed by atoms with Crippen LogP contribution in [0.3, 0.4) is 0 Å². The number of nitrogens with one attached hydrogen (secondary N) is 1. The molecule has 0 bridgehead atoms. The smallest absolute Gasteiger partial charge is 0.338 e. The van der Waals surface area contributed by atoms with Gasteiger partial charge in [0.05, 0.1) is 11.3 Å². The van der Waals surface area contributed by atoms with Gasteiger partial charge < -0.3 is 10.4 Å². The lowest BCUT2D eigenvalue weighted by atomic mass is 10.0. The standard InChI is InChI=1S/C12H15F2NO2/c1-4-12(2,3)15-8-6-5-7(11(16)17)9(13)10(8)14/h5-6,15H,4H2,1-3H3,(H,16,17). The van der Waals surface area contributed by atoms with Gasteiger partial charge in [-0.3, -0.25) is 0 Å². The molecule has 1 rings (SSSR count). The van der Waals surface area contributed by atoms with Gasteiger partial charge in [0, 0.05) is 5.54 Å². The summed E-state index contributed by atoms with van der Waals surface area (Å²) in [5, 5.41) is 11.5. The Labute approximate surface area is 98.5 Å². The molecule has 0 aromatic heterocycles. The molecule has 2 N–H and O–H groups in total. The van der Waals surface area contributed by atoms with Crippen molar-refractivity contribution >= 4 is 11.7 Å². The third-order valence-corrected chi connectivity index (χ3v) is 2.67. The van der Waals surface area contributed by atoms with Gasteiger partial charge in [0.25, 0.3) is 0 Å². The zero-order valence-electron chi connectivity index (χ0n) is 9.97. The van der Waals surface area contributed by atoms with E-state index in [0.29, 0.717) is 0 Å². The summed E-state index contributed by atoms with van der Waals surface area (Å²) in [5.74, 6) is -3.98. The van der Waals surface area contributed by atoms with E-state index >= 15 is 0 Å². The summed E-state index contributed by atoms with van der Waals surface area (Å²) in [6.07, 6.45) is 0.717. The van der Waals surface area contributed by atoms with E-state index in [1.54, 1.807) is 0 Å². The summed E-state index contributed by atoms with van der Waals surface area (Å²) in [5.41, 5.74) is -1.08. The minimum Gasteiger partial charge on any atom is -0.478 e. The number of anilines is 1. The molecular weight excluding hydrogens is 228 g/mol. The van der Waals surface area contributed by atoms with E-state index in [4.69, 9.17) is 5.11 Å². The molecule has 1 aromatic rings. The Morgan fingerprint density at radius 2 is 1.94 bits per heavy atom. The number of halogens is 2. The fourth-order valence-electron chi connectivity index (χ4n) is 1.26. The maximum absolute atomic E-state index is 13.6. The fourth-order valence-corrected chi connectivity index (χ4v) is 1.26. The number of hydrogen-bond donors (Lipinski definition) is 2. The van der Waals surface area contributed by atoms with Gasteiger partial charge in [-0.15, -0.1) is 0 Å². The Balaban J connectivity index is 3.13. The van der Waals surface area contributed by atoms with Crippen LogP contribution in [-0.4, -0.2) is 16.6 Å². The van der Waals surface area contributed by atoms with E-state index in [9.17, 15) is 13.6 Å². The molecule has 0 unspecified atom stereocenters. The molecule has 0 amide bonds. The maximum Gasteiger partial charge on any atom is 0.338 e. The summed E-state index contributed by atoms with van der Waals surface area (Å²) in [6, 6.07) is 2.29. The normalized spacial score (nSPS) is 11.4. The van der Waals surface area contributed by atoms with Crippen LogP contribution in [0.4, 0.5) is 14.5 Å². The first kappa shape index (κ1) is 13.4. The molecular formula is C12H15F2NO2. The lowest BCUT2D eigenvalue weighted by molar-refractivity contribution is 0.0690. The molecule has 0 atom stereocenters. The van der Waals surface area contributed by atoms with E-state index in [0.717, 1.165) is 12.5 Å². The molecule has 94 valence electrons. The number of carboxylic acids is 1. The predicted molar refractivity (Wildman–Crippen MR) is 61.3 cm³/mol. The zero-order chi connectivity index (χ0) is 13.2. The third-order valence-electron chi connectivity index (χ3n) is 2.67. The quantitative estimate of drug-likeness (QED) is 0.853. The van der Waals surface area contributed by atoms with Crippen LogP contribution in [-0.2, 0) is 0 Å². The molecule has 1 aromatic carbocycles. The lowest BCUT2D eigenvalue weighted by Gasteiger charge is -2.26. The van der Waals surface area contributed by atoms with Gasteiger partial charge in [-0.2, -0.15) is 0 Å². The highest BCUT2D eigenvalue weighted by atomic mass is 19.2. The highest BCUT2D eigenvalue weighted by molar-refractivity contribution is 5.88. The van der Waals surface area contributed by atoms with Crippen molar-refractivity contribution in [3.05, 3.63) is 29.3 Å². The molecule has 0 aliphatic carbocycles. The first-order chi connectivity index (χ1) is 7.78. The van der Waals surface area contributed by atoms with Crippen molar-refractivity contribution in [3.8, 4) is 0 Å². The second kappa shape index (κ2) is 4.69. The van der Waals surface area contributed by atoms with E-state index in [-0.39, 0.29) is 5.69 Å². The van der Waals surface area contributed by atoms with Crippen molar-refractivity contribution in [2.75, 3.05) is 5.32 Å². The van der Waals surface area contributed by atoms with Gasteiger partial charge in [0.1, 0.15) is 0 Å². The van der Waals surface area contributed by atoms with Gasteiger partial charge in [0.15, 0.2) is 11.6 Å². The number of benzene rings is 1. The number of carbonyl (C=O) groups is 1. The monoisotopic (exact) mass is 243 g/mol. The fraction of sp³-hybridized carbons (Fsp3) is 0.417. The first-order valence-corrected chi connectivity index (χ1v) is 5.28. The Kier molecular flexibility index (Phi) is 3.70. The minimum atomic E-state index is -1.48. The Bertz CT molecular complexity index is 444. The first-order valence-electron chi connectivity index (χ1n) is 5.28. The molecule has 0 spiro atoms. The average molecular weight is 243 g/mol. The Morgan fingerprint density at radius 3 is 2.41 bits per heavy atom. The van der Waals surface area contributed by atoms with E-state index in [2.05, 4.69) is 5.32 Å². The van der Waals surface area contributed by atoms with Crippen LogP contribution in [0.25, 0.3) is 0 Å². The van der Waals surface area contributed by atoms with Crippen molar-refractivity contribution in [1.29, 1.82) is 0 Å². The van der Waals surface area contributed by atoms with E-state index in [1.807, 2.05) is 20.8 Å². The summed E-state index contributed by atoms with van der Waals surface area (Å²) in [6.45, 7) is 5.60. The SMILES string of the molecule is CCC(C)(C)Nc1ccc(C(=O)O)c(F)c1F. The molecule has 0 heterocycles. The highest BCUT2D eigenvalue weighted by Gasteiger charge is 2.21. The van der Waals surface area contributed by atoms with E-state index < -0.39 is 28.7 Å². The molecule has 5 heteroatoms. The van der Waals surface area contributed by atoms with Crippen molar-refractivity contribution in [3.63, 3.8) is 0 Å². The maximum atomic E-state index is 13.6. The van der Waals surface area contributed by atoms with Crippen molar-refractivity contribution < 1.29 is 18.7 Å². The van der Waals surface area contributed by atoms with Gasteiger partial charge >= 0.3 is 5.97 Å². The van der Waals surface area contributed by atoms with Crippen molar-refractivity contribution in [2.45, 2.75) is 32.7 Å². The molecule has 17 heavy (non-hydrogen) atoms. The molecule has 0 saturated carbocycles. The second-order valence-corrected chi connectivity index (χ2v) is 4.46. The number of rotatable bonds is 4. The van der Waals surface area contributed by atoms with Gasteiger partial charge in [-0.25, -0.2) is 13.6 Å². The zero-order valence-corrected chi connectivity index (χ0v) is 9.97. The summed E-state index contributed by atoms with van der Waals surface area (Å²) in [4.78, 5) is 10.6. The third kappa shape index (κ3) is 2.93. The van der Waals surface area contributed by atoms with Gasteiger partial charge in [0.2, 0.25) is 0 Å². The van der Waals surface area contributed by atoms with Crippen LogP contribution in [0.15, 0.2) is 12.1 Å². The van der Waals surface area contributed by atoms with Crippen LogP contribution in [0, 0.1) is 11.6 Å². The lowest BCUT2D eigenvalue weighted by Crippen LogP contribution is -2.30. The van der Waals surface area contributed by atoms with Gasteiger partial charge in [-0.05, 0) is 32.4 Å². The highest BCUT2D eigenvalue weighted by Crippen LogP contribution is 2.24. The molecule has 0 radical (unpaired) electrons. The van der Waals surface area contributed by atoms with Gasteiger partial charge in [-0.1, -0.05) is 6.92 Å². The van der Waals surface area contributed by atoms with Crippen molar-refractivity contribution in [1.82, 2.24) is 0 Å². The molecule has 3 nitrogen and oxygen atoms in total. The number of carboxylic acid groups (broad SMARTS) is 1. The average Bonchev–Trinajstić information content (AvgIpc) is 2.24. The van der Waals surface area contributed by atoms with E-state index in [1.165, 1.54) is 6.07 Å².